The van der Waals surface area contributed by atoms with Crippen LogP contribution in [0.4, 0.5) is 0 Å². The Kier molecular flexibility index (Phi) is 2.41. The van der Waals surface area contributed by atoms with Crippen molar-refractivity contribution in [2.45, 2.75) is 13.0 Å². The number of aromatic nitrogens is 2. The van der Waals surface area contributed by atoms with Gasteiger partial charge < -0.3 is 9.30 Å². The van der Waals surface area contributed by atoms with Crippen LogP contribution in [0, 0.1) is 0 Å². The second-order valence-electron chi connectivity index (χ2n) is 3.98. The Balaban J connectivity index is 2.11. The number of rotatable bonds is 1. The first kappa shape index (κ1) is 10.4. The van der Waals surface area contributed by atoms with Crippen LogP contribution in [0.5, 0.6) is 5.75 Å². The van der Waals surface area contributed by atoms with Crippen molar-refractivity contribution in [3.05, 3.63) is 47.5 Å². The molecule has 3 rings (SSSR count). The summed E-state index contributed by atoms with van der Waals surface area (Å²) in [5.41, 5.74) is 2.05. The maximum atomic E-state index is 5.98. The second kappa shape index (κ2) is 3.93. The smallest absolute Gasteiger partial charge is 0.136 e. The molecule has 0 N–H and O–H groups in total. The maximum Gasteiger partial charge on any atom is 0.136 e. The third kappa shape index (κ3) is 1.83. The highest BCUT2D eigenvalue weighted by Crippen LogP contribution is 2.33. The molecule has 1 aliphatic rings. The van der Waals surface area contributed by atoms with Gasteiger partial charge in [-0.3, -0.25) is 0 Å². The van der Waals surface area contributed by atoms with E-state index in [0.717, 1.165) is 17.0 Å². The number of hydrogen-bond donors (Lipinski definition) is 0. The summed E-state index contributed by atoms with van der Waals surface area (Å²) in [5, 5.41) is 0.711. The van der Waals surface area contributed by atoms with Gasteiger partial charge in [0.25, 0.3) is 0 Å². The summed E-state index contributed by atoms with van der Waals surface area (Å²) in [6.45, 7) is 2.02. The lowest BCUT2D eigenvalue weighted by molar-refractivity contribution is 0.268. The van der Waals surface area contributed by atoms with Gasteiger partial charge in [0, 0.05) is 23.0 Å². The van der Waals surface area contributed by atoms with Crippen molar-refractivity contribution in [1.82, 2.24) is 9.55 Å². The van der Waals surface area contributed by atoms with Crippen molar-refractivity contribution >= 4 is 23.4 Å². The number of ether oxygens (including phenoxy) is 1. The van der Waals surface area contributed by atoms with E-state index in [1.165, 1.54) is 0 Å². The van der Waals surface area contributed by atoms with Crippen LogP contribution in [0.1, 0.15) is 12.5 Å². The van der Waals surface area contributed by atoms with Gasteiger partial charge in [0.15, 0.2) is 0 Å². The molecule has 86 valence electrons. The number of fused-ring (bicyclic) bond motifs is 1. The van der Waals surface area contributed by atoms with Gasteiger partial charge in [-0.15, -0.1) is 0 Å². The lowest BCUT2D eigenvalue weighted by Gasteiger charge is -2.25. The predicted molar refractivity (Wildman–Crippen MR) is 67.9 cm³/mol. The highest BCUT2D eigenvalue weighted by atomic mass is 35.5. The fourth-order valence-corrected chi connectivity index (χ4v) is 2.14. The number of hydrogen-bond acceptors (Lipinski definition) is 2. The van der Waals surface area contributed by atoms with Crippen molar-refractivity contribution in [2.24, 2.45) is 0 Å². The molecule has 0 spiro atoms. The summed E-state index contributed by atoms with van der Waals surface area (Å²) in [6, 6.07) is 5.64. The normalized spacial score (nSPS) is 18.2. The zero-order valence-electron chi connectivity index (χ0n) is 9.30. The van der Waals surface area contributed by atoms with Gasteiger partial charge in [0.1, 0.15) is 11.9 Å². The number of benzene rings is 1. The molecule has 0 saturated carbocycles. The molecule has 1 atom stereocenters. The number of imidazole rings is 1. The summed E-state index contributed by atoms with van der Waals surface area (Å²) in [5.74, 6) is 0.866. The molecule has 1 unspecified atom stereocenters. The van der Waals surface area contributed by atoms with Crippen molar-refractivity contribution in [2.75, 3.05) is 0 Å². The van der Waals surface area contributed by atoms with Gasteiger partial charge in [0.05, 0.1) is 12.0 Å². The van der Waals surface area contributed by atoms with Crippen LogP contribution in [0.3, 0.4) is 0 Å². The summed E-state index contributed by atoms with van der Waals surface area (Å²) in [4.78, 5) is 4.05. The van der Waals surface area contributed by atoms with Crippen molar-refractivity contribution in [1.29, 1.82) is 0 Å². The van der Waals surface area contributed by atoms with E-state index in [1.807, 2.05) is 35.9 Å². The van der Waals surface area contributed by atoms with Gasteiger partial charge in [-0.1, -0.05) is 11.6 Å². The van der Waals surface area contributed by atoms with Crippen molar-refractivity contribution < 1.29 is 4.74 Å². The molecule has 0 amide bonds. The van der Waals surface area contributed by atoms with E-state index in [1.54, 1.807) is 12.5 Å². The van der Waals surface area contributed by atoms with E-state index < -0.39 is 0 Å². The van der Waals surface area contributed by atoms with Gasteiger partial charge in [-0.05, 0) is 31.2 Å². The Labute approximate surface area is 104 Å². The van der Waals surface area contributed by atoms with E-state index in [9.17, 15) is 0 Å². The predicted octanol–water partition coefficient (Wildman–Crippen LogP) is 3.32. The molecule has 0 fully saturated rings. The Morgan fingerprint density at radius 1 is 1.41 bits per heavy atom. The quantitative estimate of drug-likeness (QED) is 0.772. The molecule has 2 aromatic rings. The minimum atomic E-state index is -0.00197. The standard InChI is InChI=1S/C13H11ClN2O/c1-9-12(16-5-4-15-8-16)7-10-6-11(14)2-3-13(10)17-9/h2-9H,1H3. The van der Waals surface area contributed by atoms with Crippen molar-refractivity contribution in [3.63, 3.8) is 0 Å². The molecule has 2 heterocycles. The van der Waals surface area contributed by atoms with Crippen molar-refractivity contribution in [3.8, 4) is 5.75 Å². The molecular formula is C13H11ClN2O. The first-order valence-corrected chi connectivity index (χ1v) is 5.78. The highest BCUT2D eigenvalue weighted by molar-refractivity contribution is 6.30. The van der Waals surface area contributed by atoms with E-state index in [-0.39, 0.29) is 6.10 Å². The van der Waals surface area contributed by atoms with Crippen LogP contribution < -0.4 is 4.74 Å². The Bertz CT molecular complexity index is 575. The average Bonchev–Trinajstić information content (AvgIpc) is 2.82. The third-order valence-electron chi connectivity index (χ3n) is 2.80. The maximum absolute atomic E-state index is 5.98. The van der Waals surface area contributed by atoms with Gasteiger partial charge >= 0.3 is 0 Å². The molecule has 1 aromatic carbocycles. The van der Waals surface area contributed by atoms with Crippen LogP contribution in [0.25, 0.3) is 11.8 Å². The van der Waals surface area contributed by atoms with Crippen LogP contribution in [0.15, 0.2) is 36.9 Å². The minimum Gasteiger partial charge on any atom is -0.484 e. The molecule has 4 heteroatoms. The summed E-state index contributed by atoms with van der Waals surface area (Å²) in [6.07, 6.45) is 7.50. The van der Waals surface area contributed by atoms with E-state index in [4.69, 9.17) is 16.3 Å². The second-order valence-corrected chi connectivity index (χ2v) is 4.42. The minimum absolute atomic E-state index is 0.00197. The zero-order chi connectivity index (χ0) is 11.8. The van der Waals surface area contributed by atoms with E-state index in [0.29, 0.717) is 5.02 Å². The lowest BCUT2D eigenvalue weighted by atomic mass is 10.1. The molecule has 0 bridgehead atoms. The highest BCUT2D eigenvalue weighted by Gasteiger charge is 2.19. The Morgan fingerprint density at radius 2 is 2.29 bits per heavy atom. The molecule has 0 radical (unpaired) electrons. The van der Waals surface area contributed by atoms with Gasteiger partial charge in [-0.2, -0.15) is 0 Å². The summed E-state index contributed by atoms with van der Waals surface area (Å²) >= 11 is 5.98. The summed E-state index contributed by atoms with van der Waals surface area (Å²) in [7, 11) is 0. The molecule has 1 aliphatic heterocycles. The molecule has 0 saturated heterocycles. The Morgan fingerprint density at radius 3 is 3.06 bits per heavy atom. The molecule has 1 aromatic heterocycles. The van der Waals surface area contributed by atoms with Gasteiger partial charge in [0.2, 0.25) is 0 Å². The molecular weight excluding hydrogens is 236 g/mol. The number of nitrogens with zero attached hydrogens (tertiary/aromatic N) is 2. The largest absolute Gasteiger partial charge is 0.484 e. The average molecular weight is 247 g/mol. The van der Waals surface area contributed by atoms with Crippen LogP contribution in [-0.4, -0.2) is 15.7 Å². The van der Waals surface area contributed by atoms with Crippen LogP contribution in [0.2, 0.25) is 5.02 Å². The topological polar surface area (TPSA) is 27.1 Å². The number of halogens is 1. The fourth-order valence-electron chi connectivity index (χ4n) is 1.96. The molecule has 3 nitrogen and oxygen atoms in total. The third-order valence-corrected chi connectivity index (χ3v) is 3.03. The van der Waals surface area contributed by atoms with E-state index >= 15 is 0 Å². The first-order chi connectivity index (χ1) is 8.24. The monoisotopic (exact) mass is 246 g/mol. The van der Waals surface area contributed by atoms with E-state index in [2.05, 4.69) is 11.1 Å². The van der Waals surface area contributed by atoms with Crippen LogP contribution in [-0.2, 0) is 0 Å². The summed E-state index contributed by atoms with van der Waals surface area (Å²) < 4.78 is 7.80. The molecule has 0 aliphatic carbocycles. The Hall–Kier alpha value is -1.74. The van der Waals surface area contributed by atoms with Gasteiger partial charge in [-0.25, -0.2) is 4.98 Å². The first-order valence-electron chi connectivity index (χ1n) is 5.40. The fraction of sp³-hybridized carbons (Fsp3) is 0.154. The SMILES string of the molecule is CC1Oc2ccc(Cl)cc2C=C1n1ccnc1. The van der Waals surface area contributed by atoms with Crippen LogP contribution >= 0.6 is 11.6 Å². The molecule has 17 heavy (non-hydrogen) atoms. The lowest BCUT2D eigenvalue weighted by Crippen LogP contribution is -2.21. The zero-order valence-corrected chi connectivity index (χ0v) is 10.1.